The van der Waals surface area contributed by atoms with E-state index in [1.807, 2.05) is 97.1 Å². The van der Waals surface area contributed by atoms with E-state index in [9.17, 15) is 19.5 Å². The maximum absolute atomic E-state index is 14.5. The molecule has 6 aromatic carbocycles. The second kappa shape index (κ2) is 18.8. The lowest BCUT2D eigenvalue weighted by molar-refractivity contribution is -0.143. The molecule has 0 bridgehead atoms. The number of rotatable bonds is 13. The number of carbonyl (C=O) groups excluding carboxylic acids is 2. The minimum atomic E-state index is -1.18. The Kier molecular flexibility index (Phi) is 12.8. The van der Waals surface area contributed by atoms with E-state index in [1.54, 1.807) is 48.3 Å². The van der Waals surface area contributed by atoms with Gasteiger partial charge in [-0.05, 0) is 100 Å². The fourth-order valence-corrected chi connectivity index (χ4v) is 8.70. The predicted molar refractivity (Wildman–Crippen MR) is 243 cm³/mol. The largest absolute Gasteiger partial charge is 0.489 e. The molecule has 10 nitrogen and oxygen atoms in total. The second-order valence-corrected chi connectivity index (χ2v) is 16.6. The van der Waals surface area contributed by atoms with Crippen LogP contribution < -0.4 is 19.7 Å². The molecule has 8 rings (SSSR count). The first kappa shape index (κ1) is 43.0. The minimum Gasteiger partial charge on any atom is -0.489 e. The number of hydrogen-bond donors (Lipinski definition) is 2. The van der Waals surface area contributed by atoms with Gasteiger partial charge in [0.15, 0.2) is 0 Å². The van der Waals surface area contributed by atoms with Gasteiger partial charge in [-0.25, -0.2) is 4.79 Å². The lowest BCUT2D eigenvalue weighted by Crippen LogP contribution is -2.55. The zero-order valence-electron chi connectivity index (χ0n) is 34.6. The van der Waals surface area contributed by atoms with Crippen molar-refractivity contribution < 1.29 is 29.0 Å². The standard InChI is InChI=1S/C51H44Cl2N4O6/c1-3-44(36-7-5-4-6-8-36)57-29-39-27-47-45(56(2)50(59)48(63-47)37-18-20-40(21-19-37)62-30-33-13-22-41(52)42(53)23-33)25-38(39)26-46(57)49(58)55-43(51(60)61)24-31-9-14-34(15-10-31)35-16-11-32(28-54)12-17-35/h4-23,25,27,43-44,46,48H,3,24,26,29-30H2,1-2H3,(H,55,58)(H,60,61)/t43?,44-,46+,48+/m1/s1. The van der Waals surface area contributed by atoms with Gasteiger partial charge in [-0.2, -0.15) is 5.26 Å². The van der Waals surface area contributed by atoms with Gasteiger partial charge < -0.3 is 24.8 Å². The molecule has 0 radical (unpaired) electrons. The van der Waals surface area contributed by atoms with Crippen LogP contribution in [0.4, 0.5) is 5.69 Å². The number of carbonyl (C=O) groups is 3. The number of amides is 2. The highest BCUT2D eigenvalue weighted by Gasteiger charge is 2.40. The number of anilines is 1. The van der Waals surface area contributed by atoms with Crippen molar-refractivity contribution in [3.63, 3.8) is 0 Å². The Hall–Kier alpha value is -6.64. The molecule has 0 saturated heterocycles. The number of nitrogens with zero attached hydrogens (tertiary/aromatic N) is 3. The fourth-order valence-electron chi connectivity index (χ4n) is 8.38. The summed E-state index contributed by atoms with van der Waals surface area (Å²) in [6.45, 7) is 2.75. The van der Waals surface area contributed by atoms with Crippen molar-refractivity contribution in [2.75, 3.05) is 11.9 Å². The number of nitriles is 1. The zero-order valence-corrected chi connectivity index (χ0v) is 36.1. The fraction of sp³-hybridized carbons (Fsp3) is 0.216. The van der Waals surface area contributed by atoms with Gasteiger partial charge in [-0.15, -0.1) is 0 Å². The van der Waals surface area contributed by atoms with Crippen molar-refractivity contribution in [1.29, 1.82) is 5.26 Å². The number of aliphatic carboxylic acids is 1. The van der Waals surface area contributed by atoms with Crippen molar-refractivity contribution in [2.45, 2.75) is 63.6 Å². The van der Waals surface area contributed by atoms with E-state index in [1.165, 1.54) is 0 Å². The van der Waals surface area contributed by atoms with Crippen LogP contribution >= 0.6 is 23.2 Å². The van der Waals surface area contributed by atoms with E-state index in [2.05, 4.69) is 23.2 Å². The molecule has 2 heterocycles. The molecule has 0 spiro atoms. The smallest absolute Gasteiger partial charge is 0.326 e. The lowest BCUT2D eigenvalue weighted by atomic mass is 9.88. The number of benzene rings is 6. The Morgan fingerprint density at radius 2 is 1.56 bits per heavy atom. The summed E-state index contributed by atoms with van der Waals surface area (Å²) in [6, 6.07) is 41.3. The van der Waals surface area contributed by atoms with Crippen LogP contribution in [0.3, 0.4) is 0 Å². The molecule has 1 unspecified atom stereocenters. The van der Waals surface area contributed by atoms with Crippen LogP contribution in [0.25, 0.3) is 11.1 Å². The van der Waals surface area contributed by atoms with E-state index in [0.29, 0.717) is 57.7 Å². The summed E-state index contributed by atoms with van der Waals surface area (Å²) >= 11 is 12.2. The molecular formula is C51H44Cl2N4O6. The van der Waals surface area contributed by atoms with E-state index in [0.717, 1.165) is 38.9 Å². The van der Waals surface area contributed by atoms with Crippen LogP contribution in [0.5, 0.6) is 11.5 Å². The molecule has 318 valence electrons. The van der Waals surface area contributed by atoms with Crippen LogP contribution in [0.1, 0.15) is 64.4 Å². The van der Waals surface area contributed by atoms with Crippen LogP contribution in [0.15, 0.2) is 133 Å². The highest BCUT2D eigenvalue weighted by Crippen LogP contribution is 2.43. The molecule has 2 N–H and O–H groups in total. The topological polar surface area (TPSA) is 132 Å². The maximum Gasteiger partial charge on any atom is 0.326 e. The molecule has 0 fully saturated rings. The molecule has 12 heteroatoms. The molecule has 0 saturated carbocycles. The summed E-state index contributed by atoms with van der Waals surface area (Å²) in [4.78, 5) is 44.8. The van der Waals surface area contributed by atoms with Crippen molar-refractivity contribution >= 4 is 46.7 Å². The Morgan fingerprint density at radius 3 is 2.21 bits per heavy atom. The second-order valence-electron chi connectivity index (χ2n) is 15.8. The van der Waals surface area contributed by atoms with Crippen molar-refractivity contribution in [3.8, 4) is 28.7 Å². The monoisotopic (exact) mass is 878 g/mol. The van der Waals surface area contributed by atoms with E-state index in [-0.39, 0.29) is 30.9 Å². The van der Waals surface area contributed by atoms with Crippen molar-refractivity contribution in [3.05, 3.63) is 182 Å². The van der Waals surface area contributed by atoms with Gasteiger partial charge in [0.2, 0.25) is 12.0 Å². The van der Waals surface area contributed by atoms with Crippen LogP contribution in [0.2, 0.25) is 10.0 Å². The van der Waals surface area contributed by atoms with Crippen LogP contribution in [0, 0.1) is 11.3 Å². The Bertz CT molecular complexity index is 2690. The van der Waals surface area contributed by atoms with Gasteiger partial charge in [0, 0.05) is 31.6 Å². The highest BCUT2D eigenvalue weighted by atomic mass is 35.5. The van der Waals surface area contributed by atoms with Gasteiger partial charge in [0.25, 0.3) is 5.91 Å². The van der Waals surface area contributed by atoms with Crippen LogP contribution in [-0.4, -0.2) is 46.9 Å². The molecular weight excluding hydrogens is 835 g/mol. The maximum atomic E-state index is 14.5. The van der Waals surface area contributed by atoms with Crippen molar-refractivity contribution in [2.24, 2.45) is 0 Å². The quantitative estimate of drug-likeness (QED) is 0.117. The lowest BCUT2D eigenvalue weighted by Gasteiger charge is -2.42. The molecule has 2 aliphatic heterocycles. The number of ether oxygens (including phenoxy) is 2. The first-order valence-electron chi connectivity index (χ1n) is 20.7. The number of hydrogen-bond acceptors (Lipinski definition) is 7. The van der Waals surface area contributed by atoms with Gasteiger partial charge in [-0.1, -0.05) is 115 Å². The van der Waals surface area contributed by atoms with E-state index in [4.69, 9.17) is 37.9 Å². The van der Waals surface area contributed by atoms with Gasteiger partial charge in [0.1, 0.15) is 24.1 Å². The summed E-state index contributed by atoms with van der Waals surface area (Å²) < 4.78 is 12.5. The molecule has 0 aromatic heterocycles. The summed E-state index contributed by atoms with van der Waals surface area (Å²) in [5, 5.41) is 23.4. The summed E-state index contributed by atoms with van der Waals surface area (Å²) in [7, 11) is 1.72. The Balaban J connectivity index is 1.02. The molecule has 0 aliphatic carbocycles. The number of fused-ring (bicyclic) bond motifs is 2. The SMILES string of the molecule is CC[C@H](c1ccccc1)N1Cc2cc3c(cc2C[C@H]1C(=O)NC(Cc1ccc(-c2ccc(C#N)cc2)cc1)C(=O)O)N(C)C(=O)[C@H](c1ccc(OCc2ccc(Cl)c(Cl)c2)cc1)O3. The molecule has 6 aromatic rings. The number of halogens is 2. The molecule has 63 heavy (non-hydrogen) atoms. The first-order chi connectivity index (χ1) is 30.5. The zero-order chi connectivity index (χ0) is 44.2. The number of likely N-dealkylation sites (N-methyl/N-ethyl adjacent to an activating group) is 1. The molecule has 2 amide bonds. The van der Waals surface area contributed by atoms with Crippen molar-refractivity contribution in [1.82, 2.24) is 10.2 Å². The van der Waals surface area contributed by atoms with Crippen LogP contribution in [-0.2, 0) is 40.4 Å². The predicted octanol–water partition coefficient (Wildman–Crippen LogP) is 9.90. The number of nitrogens with one attached hydrogen (secondary N) is 1. The van der Waals surface area contributed by atoms with Gasteiger partial charge in [-0.3, -0.25) is 14.5 Å². The Morgan fingerprint density at radius 1 is 0.873 bits per heavy atom. The third kappa shape index (κ3) is 9.42. The average molecular weight is 880 g/mol. The van der Waals surface area contributed by atoms with Gasteiger partial charge in [0.05, 0.1) is 33.4 Å². The summed E-state index contributed by atoms with van der Waals surface area (Å²) in [6.07, 6.45) is 0.181. The third-order valence-electron chi connectivity index (χ3n) is 11.8. The summed E-state index contributed by atoms with van der Waals surface area (Å²) in [5.41, 5.74) is 8.18. The third-order valence-corrected chi connectivity index (χ3v) is 12.5. The number of carboxylic acids is 1. The Labute approximate surface area is 376 Å². The normalized spacial score (nSPS) is 16.7. The highest BCUT2D eigenvalue weighted by molar-refractivity contribution is 6.42. The summed E-state index contributed by atoms with van der Waals surface area (Å²) in [5.74, 6) is -0.610. The molecule has 2 aliphatic rings. The first-order valence-corrected chi connectivity index (χ1v) is 21.4. The average Bonchev–Trinajstić information content (AvgIpc) is 3.30. The minimum absolute atomic E-state index is 0.0846. The molecule has 4 atom stereocenters. The van der Waals surface area contributed by atoms with E-state index >= 15 is 0 Å². The number of carboxylic acid groups (broad SMARTS) is 1. The van der Waals surface area contributed by atoms with Gasteiger partial charge >= 0.3 is 5.97 Å². The van der Waals surface area contributed by atoms with E-state index < -0.39 is 24.2 Å².